The van der Waals surface area contributed by atoms with Crippen LogP contribution in [0.2, 0.25) is 0 Å². The summed E-state index contributed by atoms with van der Waals surface area (Å²) >= 11 is 0.0455. The van der Waals surface area contributed by atoms with Crippen LogP contribution in [0.1, 0.15) is 13.0 Å². The molecule has 0 atom stereocenters. The van der Waals surface area contributed by atoms with Gasteiger partial charge >= 0.3 is 59.2 Å². The van der Waals surface area contributed by atoms with Gasteiger partial charge in [0.2, 0.25) is 0 Å². The summed E-state index contributed by atoms with van der Waals surface area (Å²) in [6.45, 7) is 6.41. The third-order valence-corrected chi connectivity index (χ3v) is 3.96. The van der Waals surface area contributed by atoms with Crippen LogP contribution < -0.4 is 0 Å². The van der Waals surface area contributed by atoms with E-state index in [-0.39, 0.29) is 20.4 Å². The standard InChI is InChI=1S/C6H9NTe/c1-4-5(2)8-6(3)7-4/h1-3H3. The van der Waals surface area contributed by atoms with E-state index in [4.69, 9.17) is 0 Å². The summed E-state index contributed by atoms with van der Waals surface area (Å²) in [4.78, 5) is 4.32. The molecule has 8 heavy (non-hydrogen) atoms. The second-order valence-corrected chi connectivity index (χ2v) is 5.89. The van der Waals surface area contributed by atoms with Crippen LogP contribution in [-0.2, 0) is 0 Å². The Bertz CT molecular complexity index is 171. The van der Waals surface area contributed by atoms with Crippen molar-refractivity contribution in [1.82, 2.24) is 4.98 Å². The van der Waals surface area contributed by atoms with Gasteiger partial charge < -0.3 is 0 Å². The summed E-state index contributed by atoms with van der Waals surface area (Å²) in [6.07, 6.45) is 0. The molecule has 0 amide bonds. The average Bonchev–Trinajstić information content (AvgIpc) is 1.85. The van der Waals surface area contributed by atoms with E-state index in [0.29, 0.717) is 0 Å². The van der Waals surface area contributed by atoms with Gasteiger partial charge in [0.1, 0.15) is 0 Å². The van der Waals surface area contributed by atoms with Crippen LogP contribution in [0.4, 0.5) is 0 Å². The van der Waals surface area contributed by atoms with Gasteiger partial charge in [-0.3, -0.25) is 0 Å². The van der Waals surface area contributed by atoms with Gasteiger partial charge in [0.25, 0.3) is 0 Å². The monoisotopic (exact) mass is 225 g/mol. The molecule has 1 rings (SSSR count). The van der Waals surface area contributed by atoms with Crippen molar-refractivity contribution in [3.05, 3.63) is 13.0 Å². The Morgan fingerprint density at radius 3 is 2.00 bits per heavy atom. The van der Waals surface area contributed by atoms with Crippen LogP contribution in [0.15, 0.2) is 0 Å². The summed E-state index contributed by atoms with van der Waals surface area (Å²) < 4.78 is 2.93. The number of rotatable bonds is 0. The molecule has 0 saturated carbocycles. The van der Waals surface area contributed by atoms with E-state index >= 15 is 0 Å². The number of aromatic nitrogens is 1. The molecule has 0 aliphatic carbocycles. The number of hydrogen-bond acceptors (Lipinski definition) is 1. The van der Waals surface area contributed by atoms with Crippen LogP contribution >= 0.6 is 0 Å². The molecular weight excluding hydrogens is 214 g/mol. The third kappa shape index (κ3) is 1.13. The fraction of sp³-hybridized carbons (Fsp3) is 0.500. The van der Waals surface area contributed by atoms with E-state index in [1.807, 2.05) is 0 Å². The first-order valence-electron chi connectivity index (χ1n) is 2.61. The number of nitrogens with zero attached hydrogens (tertiary/aromatic N) is 1. The van der Waals surface area contributed by atoms with Crippen molar-refractivity contribution in [3.63, 3.8) is 0 Å². The Balaban J connectivity index is 3.14. The zero-order valence-electron chi connectivity index (χ0n) is 5.36. The van der Waals surface area contributed by atoms with E-state index in [2.05, 4.69) is 25.8 Å². The van der Waals surface area contributed by atoms with E-state index < -0.39 is 0 Å². The molecule has 0 radical (unpaired) electrons. The minimum absolute atomic E-state index is 0.0455. The van der Waals surface area contributed by atoms with Crippen molar-refractivity contribution in [2.75, 3.05) is 0 Å². The van der Waals surface area contributed by atoms with Gasteiger partial charge in [-0.05, 0) is 0 Å². The predicted molar refractivity (Wildman–Crippen MR) is 35.4 cm³/mol. The molecule has 0 fully saturated rings. The molecule has 1 nitrogen and oxygen atoms in total. The first-order chi connectivity index (χ1) is 3.70. The van der Waals surface area contributed by atoms with Crippen LogP contribution in [0.5, 0.6) is 0 Å². The summed E-state index contributed by atoms with van der Waals surface area (Å²) in [6, 6.07) is 0. The second kappa shape index (κ2) is 2.21. The van der Waals surface area contributed by atoms with E-state index in [1.54, 1.807) is 3.58 Å². The van der Waals surface area contributed by atoms with Gasteiger partial charge in [-0.25, -0.2) is 0 Å². The summed E-state index contributed by atoms with van der Waals surface area (Å²) in [5, 5.41) is 0. The molecule has 1 aromatic heterocycles. The van der Waals surface area contributed by atoms with Gasteiger partial charge in [-0.15, -0.1) is 0 Å². The zero-order valence-corrected chi connectivity index (χ0v) is 7.69. The molecule has 44 valence electrons. The van der Waals surface area contributed by atoms with Crippen molar-refractivity contribution in [1.29, 1.82) is 0 Å². The van der Waals surface area contributed by atoms with E-state index in [1.165, 1.54) is 9.40 Å². The predicted octanol–water partition coefficient (Wildman–Crippen LogP) is 1.06. The van der Waals surface area contributed by atoms with Crippen LogP contribution in [-0.4, -0.2) is 25.4 Å². The maximum atomic E-state index is 4.32. The molecule has 0 aliphatic rings. The Hall–Kier alpha value is 0.200. The molecule has 0 bridgehead atoms. The molecule has 0 unspecified atom stereocenters. The molecule has 0 N–H and O–H groups in total. The van der Waals surface area contributed by atoms with Crippen LogP contribution in [0, 0.1) is 20.8 Å². The Morgan fingerprint density at radius 2 is 1.88 bits per heavy atom. The Labute approximate surface area is 59.4 Å². The van der Waals surface area contributed by atoms with Gasteiger partial charge in [-0.2, -0.15) is 0 Å². The van der Waals surface area contributed by atoms with Gasteiger partial charge in [0, 0.05) is 0 Å². The molecular formula is C6H9NTe. The summed E-state index contributed by atoms with van der Waals surface area (Å²) in [7, 11) is 0. The molecule has 0 saturated heterocycles. The SMILES string of the molecule is Cc1nc(C)c(C)[te]1. The first kappa shape index (κ1) is 6.32. The Morgan fingerprint density at radius 1 is 1.25 bits per heavy atom. The first-order valence-corrected chi connectivity index (χ1v) is 4.94. The molecule has 1 heterocycles. The second-order valence-electron chi connectivity index (χ2n) is 1.87. The zero-order chi connectivity index (χ0) is 6.15. The van der Waals surface area contributed by atoms with E-state index in [0.717, 1.165) is 0 Å². The molecule has 0 aliphatic heterocycles. The number of aryl methyl sites for hydroxylation is 3. The average molecular weight is 223 g/mol. The van der Waals surface area contributed by atoms with Crippen molar-refractivity contribution >= 4 is 20.4 Å². The van der Waals surface area contributed by atoms with Crippen molar-refractivity contribution in [2.24, 2.45) is 0 Å². The van der Waals surface area contributed by atoms with Gasteiger partial charge in [0.15, 0.2) is 0 Å². The van der Waals surface area contributed by atoms with Gasteiger partial charge in [-0.1, -0.05) is 0 Å². The Kier molecular flexibility index (Phi) is 1.74. The van der Waals surface area contributed by atoms with Crippen molar-refractivity contribution in [3.8, 4) is 0 Å². The minimum atomic E-state index is 0.0455. The molecule has 0 aromatic carbocycles. The number of hydrogen-bond donors (Lipinski definition) is 0. The summed E-state index contributed by atoms with van der Waals surface area (Å²) in [5.74, 6) is 0. The fourth-order valence-corrected chi connectivity index (χ4v) is 2.97. The topological polar surface area (TPSA) is 12.9 Å². The molecule has 2 heteroatoms. The van der Waals surface area contributed by atoms with Crippen LogP contribution in [0.25, 0.3) is 0 Å². The maximum absolute atomic E-state index is 4.32. The van der Waals surface area contributed by atoms with Crippen molar-refractivity contribution < 1.29 is 0 Å². The molecule has 0 spiro atoms. The fourth-order valence-electron chi connectivity index (χ4n) is 0.633. The third-order valence-electron chi connectivity index (χ3n) is 1.14. The van der Waals surface area contributed by atoms with Gasteiger partial charge in [0.05, 0.1) is 0 Å². The molecule has 1 aromatic rings. The quantitative estimate of drug-likeness (QED) is 0.599. The van der Waals surface area contributed by atoms with Crippen LogP contribution in [0.3, 0.4) is 0 Å². The normalized spacial score (nSPS) is 9.88. The van der Waals surface area contributed by atoms with E-state index in [9.17, 15) is 0 Å². The summed E-state index contributed by atoms with van der Waals surface area (Å²) in [5.41, 5.74) is 1.27. The van der Waals surface area contributed by atoms with Crippen molar-refractivity contribution in [2.45, 2.75) is 20.8 Å².